The summed E-state index contributed by atoms with van der Waals surface area (Å²) >= 11 is 6.38. The van der Waals surface area contributed by atoms with Gasteiger partial charge in [-0.05, 0) is 70.2 Å². The van der Waals surface area contributed by atoms with Gasteiger partial charge >= 0.3 is 12.1 Å². The molecule has 10 nitrogen and oxygen atoms in total. The van der Waals surface area contributed by atoms with Crippen molar-refractivity contribution in [1.82, 2.24) is 14.9 Å². The first kappa shape index (κ1) is 28.1. The zero-order valence-corrected chi connectivity index (χ0v) is 23.0. The highest BCUT2D eigenvalue weighted by atomic mass is 35.5. The molecule has 3 aromatic carbocycles. The van der Waals surface area contributed by atoms with Crippen LogP contribution in [0.25, 0.3) is 16.6 Å². The lowest BCUT2D eigenvalue weighted by atomic mass is 10.2. The highest BCUT2D eigenvalue weighted by molar-refractivity contribution is 6.35. The van der Waals surface area contributed by atoms with Gasteiger partial charge in [0.25, 0.3) is 5.56 Å². The molecular formula is C29H27ClN6O4. The normalized spacial score (nSPS) is 11.8. The largest absolute Gasteiger partial charge is 0.444 e. The molecule has 0 fully saturated rings. The number of para-hydroxylation sites is 1. The Morgan fingerprint density at radius 1 is 1.05 bits per heavy atom. The van der Waals surface area contributed by atoms with Crippen LogP contribution in [-0.4, -0.2) is 27.3 Å². The SMILES string of the molecule is C[C@H](NC(=O)OC(C)(C)C)c1nc2cccc(Cl)c2c(=O)n1-c1cccc(NC(=O)Nc2ccccc2C#N)c1. The average molecular weight is 559 g/mol. The quantitative estimate of drug-likeness (QED) is 0.269. The van der Waals surface area contributed by atoms with Gasteiger partial charge in [0.1, 0.15) is 17.5 Å². The monoisotopic (exact) mass is 558 g/mol. The molecule has 4 rings (SSSR count). The van der Waals surface area contributed by atoms with Crippen molar-refractivity contribution in [2.75, 3.05) is 10.6 Å². The van der Waals surface area contributed by atoms with Gasteiger partial charge in [0, 0.05) is 5.69 Å². The molecule has 0 aliphatic carbocycles. The summed E-state index contributed by atoms with van der Waals surface area (Å²) in [5.74, 6) is 0.232. The fourth-order valence-corrected chi connectivity index (χ4v) is 4.24. The van der Waals surface area contributed by atoms with Crippen molar-refractivity contribution in [3.63, 3.8) is 0 Å². The number of halogens is 1. The fourth-order valence-electron chi connectivity index (χ4n) is 3.99. The van der Waals surface area contributed by atoms with Crippen molar-refractivity contribution in [2.45, 2.75) is 39.3 Å². The van der Waals surface area contributed by atoms with Gasteiger partial charge in [-0.3, -0.25) is 9.36 Å². The highest BCUT2D eigenvalue weighted by Crippen LogP contribution is 2.24. The van der Waals surface area contributed by atoms with E-state index in [4.69, 9.17) is 16.3 Å². The van der Waals surface area contributed by atoms with Crippen LogP contribution in [0.15, 0.2) is 71.5 Å². The summed E-state index contributed by atoms with van der Waals surface area (Å²) in [4.78, 5) is 43.7. The topological polar surface area (TPSA) is 138 Å². The van der Waals surface area contributed by atoms with Crippen molar-refractivity contribution < 1.29 is 14.3 Å². The molecule has 0 bridgehead atoms. The van der Waals surface area contributed by atoms with Gasteiger partial charge in [-0.2, -0.15) is 5.26 Å². The third kappa shape index (κ3) is 6.39. The third-order valence-corrected chi connectivity index (χ3v) is 5.97. The molecule has 3 amide bonds. The Balaban J connectivity index is 1.73. The number of aromatic nitrogens is 2. The first-order chi connectivity index (χ1) is 19.0. The molecular weight excluding hydrogens is 532 g/mol. The summed E-state index contributed by atoms with van der Waals surface area (Å²) in [5.41, 5.74) is 0.610. The van der Waals surface area contributed by atoms with Crippen molar-refractivity contribution >= 4 is 46.0 Å². The number of urea groups is 1. The Kier molecular flexibility index (Phi) is 8.07. The number of amides is 3. The lowest BCUT2D eigenvalue weighted by Gasteiger charge is -2.23. The minimum absolute atomic E-state index is 0.210. The Bertz CT molecular complexity index is 1700. The number of alkyl carbamates (subject to hydrolysis) is 1. The van der Waals surface area contributed by atoms with E-state index in [1.807, 2.05) is 6.07 Å². The molecule has 4 aromatic rings. The van der Waals surface area contributed by atoms with Crippen LogP contribution in [-0.2, 0) is 4.74 Å². The predicted octanol–water partition coefficient (Wildman–Crippen LogP) is 6.14. The van der Waals surface area contributed by atoms with Crippen LogP contribution >= 0.6 is 11.6 Å². The van der Waals surface area contributed by atoms with Gasteiger partial charge in [-0.1, -0.05) is 35.9 Å². The van der Waals surface area contributed by atoms with E-state index >= 15 is 0 Å². The van der Waals surface area contributed by atoms with Crippen molar-refractivity contribution in [3.05, 3.63) is 93.5 Å². The first-order valence-corrected chi connectivity index (χ1v) is 12.7. The summed E-state index contributed by atoms with van der Waals surface area (Å²) in [5, 5.41) is 17.8. The van der Waals surface area contributed by atoms with Crippen LogP contribution < -0.4 is 21.5 Å². The Hall–Kier alpha value is -4.88. The average Bonchev–Trinajstić information content (AvgIpc) is 2.87. The lowest BCUT2D eigenvalue weighted by Crippen LogP contribution is -2.37. The Morgan fingerprint density at radius 3 is 2.50 bits per heavy atom. The Morgan fingerprint density at radius 2 is 1.77 bits per heavy atom. The van der Waals surface area contributed by atoms with E-state index in [1.54, 1.807) is 94.4 Å². The molecule has 204 valence electrons. The maximum atomic E-state index is 13.8. The van der Waals surface area contributed by atoms with Gasteiger partial charge in [-0.15, -0.1) is 0 Å². The third-order valence-electron chi connectivity index (χ3n) is 5.65. The number of carbonyl (C=O) groups excluding carboxylic acids is 2. The highest BCUT2D eigenvalue weighted by Gasteiger charge is 2.23. The van der Waals surface area contributed by atoms with E-state index in [9.17, 15) is 19.6 Å². The molecule has 0 unspecified atom stereocenters. The van der Waals surface area contributed by atoms with Crippen LogP contribution in [0.1, 0.15) is 45.1 Å². The molecule has 1 heterocycles. The van der Waals surface area contributed by atoms with E-state index in [1.165, 1.54) is 4.57 Å². The molecule has 0 saturated heterocycles. The maximum Gasteiger partial charge on any atom is 0.408 e. The number of benzene rings is 3. The molecule has 0 spiro atoms. The van der Waals surface area contributed by atoms with Crippen LogP contribution in [0.4, 0.5) is 21.0 Å². The minimum atomic E-state index is -0.742. The molecule has 1 aromatic heterocycles. The molecule has 11 heteroatoms. The number of nitriles is 1. The van der Waals surface area contributed by atoms with Crippen LogP contribution in [0, 0.1) is 11.3 Å². The predicted molar refractivity (Wildman–Crippen MR) is 154 cm³/mol. The summed E-state index contributed by atoms with van der Waals surface area (Å²) < 4.78 is 6.72. The maximum absolute atomic E-state index is 13.8. The van der Waals surface area contributed by atoms with Gasteiger partial charge in [0.05, 0.1) is 38.9 Å². The second-order valence-electron chi connectivity index (χ2n) is 9.90. The number of ether oxygens (including phenoxy) is 1. The van der Waals surface area contributed by atoms with E-state index < -0.39 is 29.3 Å². The molecule has 0 aliphatic rings. The van der Waals surface area contributed by atoms with E-state index in [0.717, 1.165) is 0 Å². The van der Waals surface area contributed by atoms with Gasteiger partial charge in [0.15, 0.2) is 0 Å². The van der Waals surface area contributed by atoms with Crippen molar-refractivity contribution in [1.29, 1.82) is 5.26 Å². The summed E-state index contributed by atoms with van der Waals surface area (Å²) in [6.07, 6.45) is -0.670. The zero-order chi connectivity index (χ0) is 29.0. The second kappa shape index (κ2) is 11.5. The minimum Gasteiger partial charge on any atom is -0.444 e. The summed E-state index contributed by atoms with van der Waals surface area (Å²) in [7, 11) is 0. The van der Waals surface area contributed by atoms with Crippen molar-refractivity contribution in [3.8, 4) is 11.8 Å². The van der Waals surface area contributed by atoms with E-state index in [2.05, 4.69) is 20.9 Å². The molecule has 0 aliphatic heterocycles. The van der Waals surface area contributed by atoms with Gasteiger partial charge in [0.2, 0.25) is 0 Å². The van der Waals surface area contributed by atoms with Crippen LogP contribution in [0.5, 0.6) is 0 Å². The smallest absolute Gasteiger partial charge is 0.408 e. The number of nitrogens with one attached hydrogen (secondary N) is 3. The standard InChI is InChI=1S/C29H27ClN6O4/c1-17(32-28(39)40-29(2,3)4)25-34-23-14-8-12-21(30)24(23)26(37)36(25)20-11-7-10-19(15-20)33-27(38)35-22-13-6-5-9-18(22)16-31/h5-15,17H,1-4H3,(H,32,39)(H2,33,35,38)/t17-/m0/s1. The molecule has 3 N–H and O–H groups in total. The van der Waals surface area contributed by atoms with E-state index in [0.29, 0.717) is 28.1 Å². The lowest BCUT2D eigenvalue weighted by molar-refractivity contribution is 0.0505. The molecule has 0 radical (unpaired) electrons. The molecule has 40 heavy (non-hydrogen) atoms. The zero-order valence-electron chi connectivity index (χ0n) is 22.3. The first-order valence-electron chi connectivity index (χ1n) is 12.3. The Labute approximate surface area is 235 Å². The number of carbonyl (C=O) groups is 2. The fraction of sp³-hybridized carbons (Fsp3) is 0.207. The molecule has 0 saturated carbocycles. The number of rotatable bonds is 5. The van der Waals surface area contributed by atoms with Gasteiger partial charge in [-0.25, -0.2) is 14.6 Å². The number of anilines is 2. The molecule has 1 atom stereocenters. The van der Waals surface area contributed by atoms with Gasteiger partial charge < -0.3 is 20.7 Å². The summed E-state index contributed by atoms with van der Waals surface area (Å²) in [6.45, 7) is 6.92. The second-order valence-corrected chi connectivity index (χ2v) is 10.3. The number of hydrogen-bond acceptors (Lipinski definition) is 6. The van der Waals surface area contributed by atoms with Crippen LogP contribution in [0.3, 0.4) is 0 Å². The van der Waals surface area contributed by atoms with Crippen molar-refractivity contribution in [2.24, 2.45) is 0 Å². The van der Waals surface area contributed by atoms with E-state index in [-0.39, 0.29) is 16.2 Å². The summed E-state index contributed by atoms with van der Waals surface area (Å²) in [6, 6.07) is 18.8. The number of nitrogens with zero attached hydrogens (tertiary/aromatic N) is 3. The van der Waals surface area contributed by atoms with Crippen LogP contribution in [0.2, 0.25) is 5.02 Å². The number of hydrogen-bond donors (Lipinski definition) is 3. The number of fused-ring (bicyclic) bond motifs is 1.